The van der Waals surface area contributed by atoms with Gasteiger partial charge in [0.25, 0.3) is 0 Å². The van der Waals surface area contributed by atoms with E-state index in [1.807, 2.05) is 18.2 Å². The third kappa shape index (κ3) is 4.41. The Morgan fingerprint density at radius 1 is 0.786 bits per heavy atom. The first-order valence-corrected chi connectivity index (χ1v) is 9.78. The summed E-state index contributed by atoms with van der Waals surface area (Å²) in [6.45, 7) is 4.64. The molecule has 2 nitrogen and oxygen atoms in total. The minimum absolute atomic E-state index is 0. The summed E-state index contributed by atoms with van der Waals surface area (Å²) in [6.07, 6.45) is 1.91. The Morgan fingerprint density at radius 2 is 1.36 bits per heavy atom. The van der Waals surface area contributed by atoms with Gasteiger partial charge in [0.15, 0.2) is 4.80 Å². The molecule has 4 aromatic rings. The number of benzene rings is 3. The number of halogens is 1. The first-order valence-electron chi connectivity index (χ1n) is 8.90. The summed E-state index contributed by atoms with van der Waals surface area (Å²) >= 11 is 1.65. The van der Waals surface area contributed by atoms with Crippen LogP contribution in [0.15, 0.2) is 108 Å². The third-order valence-electron chi connectivity index (χ3n) is 4.38. The van der Waals surface area contributed by atoms with Crippen LogP contribution in [0.3, 0.4) is 0 Å². The Bertz CT molecular complexity index is 1090. The molecule has 0 saturated heterocycles. The van der Waals surface area contributed by atoms with Gasteiger partial charge in [-0.3, -0.25) is 0 Å². The summed E-state index contributed by atoms with van der Waals surface area (Å²) in [7, 11) is 0. The van der Waals surface area contributed by atoms with Crippen molar-refractivity contribution in [3.8, 4) is 22.4 Å². The number of thiazole rings is 1. The Kier molecular flexibility index (Phi) is 6.80. The van der Waals surface area contributed by atoms with Gasteiger partial charge in [0.2, 0.25) is 0 Å². The molecule has 0 aliphatic heterocycles. The van der Waals surface area contributed by atoms with Gasteiger partial charge in [0.1, 0.15) is 0 Å². The minimum Gasteiger partial charge on any atom is -0.313 e. The molecule has 0 spiro atoms. The van der Waals surface area contributed by atoms with E-state index in [2.05, 4.69) is 89.3 Å². The minimum atomic E-state index is 0. The average molecular weight is 449 g/mol. The number of hydrogen-bond acceptors (Lipinski definition) is 2. The lowest BCUT2D eigenvalue weighted by Crippen LogP contribution is -2.14. The van der Waals surface area contributed by atoms with E-state index in [9.17, 15) is 0 Å². The standard InChI is InChI=1S/C24H20N2S.BrH/c1-2-17-26-23(21-11-7-4-8-12-21)18-27-24(26)25-22-15-13-20(14-16-22)19-9-5-3-6-10-19;/h2-16,18H,1,17H2;1H. The van der Waals surface area contributed by atoms with Crippen LogP contribution in [-0.4, -0.2) is 4.57 Å². The Labute approximate surface area is 179 Å². The van der Waals surface area contributed by atoms with Crippen LogP contribution < -0.4 is 4.80 Å². The quantitative estimate of drug-likeness (QED) is 0.296. The van der Waals surface area contributed by atoms with Gasteiger partial charge in [-0.15, -0.1) is 34.9 Å². The van der Waals surface area contributed by atoms with E-state index in [0.717, 1.165) is 17.0 Å². The summed E-state index contributed by atoms with van der Waals surface area (Å²) < 4.78 is 2.21. The van der Waals surface area contributed by atoms with Crippen molar-refractivity contribution < 1.29 is 0 Å². The lowest BCUT2D eigenvalue weighted by Gasteiger charge is -2.06. The average Bonchev–Trinajstić information content (AvgIpc) is 3.12. The van der Waals surface area contributed by atoms with Crippen LogP contribution in [0.25, 0.3) is 22.4 Å². The van der Waals surface area contributed by atoms with Crippen LogP contribution in [0, 0.1) is 0 Å². The van der Waals surface area contributed by atoms with Gasteiger partial charge in [0, 0.05) is 11.9 Å². The molecule has 3 aromatic carbocycles. The number of allylic oxidation sites excluding steroid dienone is 1. The summed E-state index contributed by atoms with van der Waals surface area (Å²) in [5.74, 6) is 0. The molecule has 0 saturated carbocycles. The van der Waals surface area contributed by atoms with Crippen molar-refractivity contribution in [3.63, 3.8) is 0 Å². The molecule has 0 amide bonds. The van der Waals surface area contributed by atoms with Crippen molar-refractivity contribution in [3.05, 3.63) is 108 Å². The SMILES string of the molecule is Br.C=CCn1c(-c2ccccc2)csc1=Nc1ccc(-c2ccccc2)cc1. The molecule has 1 heterocycles. The van der Waals surface area contributed by atoms with Crippen molar-refractivity contribution in [1.29, 1.82) is 0 Å². The number of rotatable bonds is 5. The molecule has 0 radical (unpaired) electrons. The zero-order valence-electron chi connectivity index (χ0n) is 15.4. The summed E-state index contributed by atoms with van der Waals surface area (Å²) in [6, 6.07) is 29.2. The molecule has 0 unspecified atom stereocenters. The summed E-state index contributed by atoms with van der Waals surface area (Å²) in [5.41, 5.74) is 5.73. The molecule has 0 bridgehead atoms. The fourth-order valence-corrected chi connectivity index (χ4v) is 3.97. The lowest BCUT2D eigenvalue weighted by atomic mass is 10.1. The van der Waals surface area contributed by atoms with Gasteiger partial charge in [-0.2, -0.15) is 0 Å². The third-order valence-corrected chi connectivity index (χ3v) is 5.24. The lowest BCUT2D eigenvalue weighted by molar-refractivity contribution is 0.800. The van der Waals surface area contributed by atoms with Crippen LogP contribution in [0.4, 0.5) is 5.69 Å². The Balaban J connectivity index is 0.00000225. The molecule has 140 valence electrons. The van der Waals surface area contributed by atoms with Crippen LogP contribution >= 0.6 is 28.3 Å². The summed E-state index contributed by atoms with van der Waals surface area (Å²) in [4.78, 5) is 5.85. The molecule has 4 rings (SSSR count). The van der Waals surface area contributed by atoms with E-state index < -0.39 is 0 Å². The highest BCUT2D eigenvalue weighted by atomic mass is 79.9. The molecule has 0 aliphatic carbocycles. The molecular formula is C24H21BrN2S. The zero-order valence-corrected chi connectivity index (χ0v) is 17.9. The van der Waals surface area contributed by atoms with Gasteiger partial charge in [0.05, 0.1) is 11.4 Å². The van der Waals surface area contributed by atoms with Crippen LogP contribution in [0.2, 0.25) is 0 Å². The fraction of sp³-hybridized carbons (Fsp3) is 0.0417. The van der Waals surface area contributed by atoms with E-state index in [4.69, 9.17) is 4.99 Å². The normalized spacial score (nSPS) is 11.1. The van der Waals surface area contributed by atoms with Crippen LogP contribution in [0.1, 0.15) is 0 Å². The Hall–Kier alpha value is -2.69. The molecule has 0 fully saturated rings. The van der Waals surface area contributed by atoms with Crippen LogP contribution in [0.5, 0.6) is 0 Å². The maximum Gasteiger partial charge on any atom is 0.190 e. The van der Waals surface area contributed by atoms with Crippen LogP contribution in [-0.2, 0) is 6.54 Å². The predicted molar refractivity (Wildman–Crippen MR) is 125 cm³/mol. The maximum absolute atomic E-state index is 4.87. The zero-order chi connectivity index (χ0) is 18.5. The van der Waals surface area contributed by atoms with Gasteiger partial charge < -0.3 is 4.57 Å². The first kappa shape index (κ1) is 20.1. The molecule has 4 heteroatoms. The highest BCUT2D eigenvalue weighted by Gasteiger charge is 2.06. The smallest absolute Gasteiger partial charge is 0.190 e. The molecule has 0 N–H and O–H groups in total. The Morgan fingerprint density at radius 3 is 1.96 bits per heavy atom. The van der Waals surface area contributed by atoms with E-state index in [-0.39, 0.29) is 17.0 Å². The topological polar surface area (TPSA) is 17.3 Å². The van der Waals surface area contributed by atoms with Crippen molar-refractivity contribution >= 4 is 34.0 Å². The largest absolute Gasteiger partial charge is 0.313 e. The summed E-state index contributed by atoms with van der Waals surface area (Å²) in [5, 5.41) is 2.16. The number of nitrogens with zero attached hydrogens (tertiary/aromatic N) is 2. The first-order chi connectivity index (χ1) is 13.3. The monoisotopic (exact) mass is 448 g/mol. The molecule has 0 aliphatic rings. The second kappa shape index (κ2) is 9.49. The van der Waals surface area contributed by atoms with Crippen molar-refractivity contribution in [2.24, 2.45) is 4.99 Å². The molecule has 0 atom stereocenters. The number of hydrogen-bond donors (Lipinski definition) is 0. The fourth-order valence-electron chi connectivity index (χ4n) is 3.03. The van der Waals surface area contributed by atoms with Gasteiger partial charge >= 0.3 is 0 Å². The number of aromatic nitrogens is 1. The van der Waals surface area contributed by atoms with Gasteiger partial charge in [-0.1, -0.05) is 78.9 Å². The molecular weight excluding hydrogens is 428 g/mol. The highest BCUT2D eigenvalue weighted by Crippen LogP contribution is 2.23. The van der Waals surface area contributed by atoms with E-state index >= 15 is 0 Å². The van der Waals surface area contributed by atoms with Gasteiger partial charge in [-0.25, -0.2) is 4.99 Å². The van der Waals surface area contributed by atoms with Crippen molar-refractivity contribution in [1.82, 2.24) is 4.57 Å². The van der Waals surface area contributed by atoms with Crippen molar-refractivity contribution in [2.75, 3.05) is 0 Å². The van der Waals surface area contributed by atoms with E-state index in [0.29, 0.717) is 0 Å². The van der Waals surface area contributed by atoms with Gasteiger partial charge in [-0.05, 0) is 28.8 Å². The second-order valence-electron chi connectivity index (χ2n) is 6.19. The predicted octanol–water partition coefficient (Wildman–Crippen LogP) is 6.88. The maximum atomic E-state index is 4.87. The molecule has 28 heavy (non-hydrogen) atoms. The highest BCUT2D eigenvalue weighted by molar-refractivity contribution is 8.93. The van der Waals surface area contributed by atoms with E-state index in [1.54, 1.807) is 11.3 Å². The second-order valence-corrected chi connectivity index (χ2v) is 7.03. The van der Waals surface area contributed by atoms with E-state index in [1.165, 1.54) is 22.4 Å². The molecule has 1 aromatic heterocycles. The van der Waals surface area contributed by atoms with Crippen molar-refractivity contribution in [2.45, 2.75) is 6.54 Å².